The maximum absolute atomic E-state index is 6.48. The van der Waals surface area contributed by atoms with E-state index >= 15 is 0 Å². The molecule has 0 heterocycles. The van der Waals surface area contributed by atoms with E-state index in [1.54, 1.807) is 14.2 Å². The van der Waals surface area contributed by atoms with E-state index < -0.39 is 0 Å². The maximum atomic E-state index is 6.48. The number of methoxy groups -OCH3 is 2. The van der Waals surface area contributed by atoms with Crippen LogP contribution in [0.25, 0.3) is 12.2 Å². The van der Waals surface area contributed by atoms with Gasteiger partial charge >= 0.3 is 0 Å². The molecule has 180 valence electrons. The Morgan fingerprint density at radius 3 is 2.24 bits per heavy atom. The van der Waals surface area contributed by atoms with Gasteiger partial charge < -0.3 is 23.7 Å². The van der Waals surface area contributed by atoms with Crippen LogP contribution in [0.4, 0.5) is 0 Å². The van der Waals surface area contributed by atoms with Gasteiger partial charge in [0, 0.05) is 20.8 Å². The zero-order chi connectivity index (χ0) is 23.7. The van der Waals surface area contributed by atoms with Gasteiger partial charge in [-0.25, -0.2) is 0 Å². The lowest BCUT2D eigenvalue weighted by Gasteiger charge is -2.22. The van der Waals surface area contributed by atoms with Crippen LogP contribution >= 0.6 is 0 Å². The molecule has 0 saturated heterocycles. The van der Waals surface area contributed by atoms with Gasteiger partial charge in [0.25, 0.3) is 0 Å². The van der Waals surface area contributed by atoms with E-state index in [1.807, 2.05) is 12.2 Å². The SMILES string of the molecule is C=Cc1ccc(COC(CCCCCOC)c2cc(C=C)ccc2COCOCOC)cc1. The molecule has 0 bridgehead atoms. The minimum absolute atomic E-state index is 0.0509. The highest BCUT2D eigenvalue weighted by atomic mass is 16.7. The molecule has 33 heavy (non-hydrogen) atoms. The molecule has 0 N–H and O–H groups in total. The first-order valence-corrected chi connectivity index (χ1v) is 11.4. The molecule has 0 aliphatic heterocycles. The van der Waals surface area contributed by atoms with Crippen LogP contribution in [-0.4, -0.2) is 34.4 Å². The molecule has 2 rings (SSSR count). The monoisotopic (exact) mass is 454 g/mol. The van der Waals surface area contributed by atoms with Gasteiger partial charge in [-0.3, -0.25) is 0 Å². The lowest BCUT2D eigenvalue weighted by atomic mass is 9.96. The summed E-state index contributed by atoms with van der Waals surface area (Å²) in [6.45, 7) is 9.90. The zero-order valence-corrected chi connectivity index (χ0v) is 20.1. The van der Waals surface area contributed by atoms with Gasteiger partial charge in [0.05, 0.1) is 19.3 Å². The second kappa shape index (κ2) is 16.4. The topological polar surface area (TPSA) is 46.2 Å². The van der Waals surface area contributed by atoms with Crippen molar-refractivity contribution in [3.05, 3.63) is 83.4 Å². The minimum Gasteiger partial charge on any atom is -0.385 e. The largest absolute Gasteiger partial charge is 0.385 e. The Hall–Kier alpha value is -2.28. The first-order valence-electron chi connectivity index (χ1n) is 11.4. The fourth-order valence-electron chi connectivity index (χ4n) is 3.53. The summed E-state index contributed by atoms with van der Waals surface area (Å²) in [4.78, 5) is 0. The molecule has 5 heteroatoms. The Bertz CT molecular complexity index is 816. The summed E-state index contributed by atoms with van der Waals surface area (Å²) in [5.74, 6) is 0. The third-order valence-electron chi connectivity index (χ3n) is 5.36. The molecule has 0 aliphatic rings. The molecule has 0 fully saturated rings. The van der Waals surface area contributed by atoms with Crippen LogP contribution < -0.4 is 0 Å². The second-order valence-corrected chi connectivity index (χ2v) is 7.83. The van der Waals surface area contributed by atoms with Crippen molar-refractivity contribution in [2.75, 3.05) is 34.4 Å². The molecule has 1 atom stereocenters. The number of rotatable bonds is 18. The fraction of sp³-hybridized carbons (Fsp3) is 0.429. The Labute approximate surface area is 199 Å². The average Bonchev–Trinajstić information content (AvgIpc) is 2.86. The Kier molecular flexibility index (Phi) is 13.4. The van der Waals surface area contributed by atoms with Gasteiger partial charge in [0.1, 0.15) is 13.6 Å². The zero-order valence-electron chi connectivity index (χ0n) is 20.1. The summed E-state index contributed by atoms with van der Waals surface area (Å²) in [5.41, 5.74) is 5.52. The van der Waals surface area contributed by atoms with Crippen LogP contribution in [0.3, 0.4) is 0 Å². The van der Waals surface area contributed by atoms with Crippen LogP contribution in [0.5, 0.6) is 0 Å². The quantitative estimate of drug-likeness (QED) is 0.189. The molecule has 0 aliphatic carbocycles. The lowest BCUT2D eigenvalue weighted by Crippen LogP contribution is -2.10. The predicted octanol–water partition coefficient (Wildman–Crippen LogP) is 6.53. The van der Waals surface area contributed by atoms with Crippen LogP contribution in [0.1, 0.15) is 59.6 Å². The maximum Gasteiger partial charge on any atom is 0.150 e. The molecule has 1 unspecified atom stereocenters. The molecular formula is C28H38O5. The molecule has 0 aromatic heterocycles. The van der Waals surface area contributed by atoms with E-state index in [0.29, 0.717) is 13.2 Å². The van der Waals surface area contributed by atoms with Gasteiger partial charge in [0.2, 0.25) is 0 Å². The highest BCUT2D eigenvalue weighted by molar-refractivity contribution is 5.50. The van der Waals surface area contributed by atoms with Crippen molar-refractivity contribution in [3.8, 4) is 0 Å². The number of ether oxygens (including phenoxy) is 5. The number of hydrogen-bond acceptors (Lipinski definition) is 5. The van der Waals surface area contributed by atoms with E-state index in [0.717, 1.165) is 60.1 Å². The molecule has 0 spiro atoms. The standard InChI is InChI=1S/C28H38O5/c1-5-23-11-13-25(14-12-23)19-33-28(10-8-7-9-17-29-3)27-18-24(6-2)15-16-26(27)20-31-22-32-21-30-4/h5-6,11-16,18,28H,1-2,7-10,17,19-22H2,3-4H3. The van der Waals surface area contributed by atoms with Crippen LogP contribution in [0.2, 0.25) is 0 Å². The summed E-state index contributed by atoms with van der Waals surface area (Å²) in [7, 11) is 3.33. The lowest BCUT2D eigenvalue weighted by molar-refractivity contribution is -0.125. The summed E-state index contributed by atoms with van der Waals surface area (Å²) >= 11 is 0. The summed E-state index contributed by atoms with van der Waals surface area (Å²) in [6, 6.07) is 14.6. The minimum atomic E-state index is -0.0509. The molecular weight excluding hydrogens is 416 g/mol. The van der Waals surface area contributed by atoms with Gasteiger partial charge in [-0.15, -0.1) is 0 Å². The van der Waals surface area contributed by atoms with Gasteiger partial charge in [-0.1, -0.05) is 74.5 Å². The van der Waals surface area contributed by atoms with Crippen LogP contribution in [0.15, 0.2) is 55.6 Å². The van der Waals surface area contributed by atoms with E-state index in [1.165, 1.54) is 0 Å². The third kappa shape index (κ3) is 10.0. The van der Waals surface area contributed by atoms with E-state index in [2.05, 4.69) is 55.6 Å². The summed E-state index contributed by atoms with van der Waals surface area (Å²) in [5, 5.41) is 0. The molecule has 2 aromatic rings. The van der Waals surface area contributed by atoms with E-state index in [-0.39, 0.29) is 19.7 Å². The smallest absolute Gasteiger partial charge is 0.150 e. The summed E-state index contributed by atoms with van der Waals surface area (Å²) < 4.78 is 27.6. The third-order valence-corrected chi connectivity index (χ3v) is 5.36. The van der Waals surface area contributed by atoms with Crippen molar-refractivity contribution in [2.24, 2.45) is 0 Å². The average molecular weight is 455 g/mol. The number of benzene rings is 2. The fourth-order valence-corrected chi connectivity index (χ4v) is 3.53. The van der Waals surface area contributed by atoms with E-state index in [4.69, 9.17) is 23.7 Å². The Balaban J connectivity index is 2.15. The van der Waals surface area contributed by atoms with Crippen LogP contribution in [-0.2, 0) is 36.9 Å². The first kappa shape index (κ1) is 27.0. The highest BCUT2D eigenvalue weighted by Gasteiger charge is 2.17. The Morgan fingerprint density at radius 1 is 0.788 bits per heavy atom. The normalized spacial score (nSPS) is 11.9. The second-order valence-electron chi connectivity index (χ2n) is 7.83. The molecule has 5 nitrogen and oxygen atoms in total. The van der Waals surface area contributed by atoms with Crippen molar-refractivity contribution in [3.63, 3.8) is 0 Å². The molecule has 0 saturated carbocycles. The predicted molar refractivity (Wildman–Crippen MR) is 134 cm³/mol. The van der Waals surface area contributed by atoms with Crippen molar-refractivity contribution in [1.29, 1.82) is 0 Å². The molecule has 0 amide bonds. The Morgan fingerprint density at radius 2 is 1.55 bits per heavy atom. The van der Waals surface area contributed by atoms with Gasteiger partial charge in [-0.2, -0.15) is 0 Å². The van der Waals surface area contributed by atoms with Crippen LogP contribution in [0, 0.1) is 0 Å². The summed E-state index contributed by atoms with van der Waals surface area (Å²) in [6.07, 6.45) is 7.77. The number of hydrogen-bond donors (Lipinski definition) is 0. The van der Waals surface area contributed by atoms with Crippen molar-refractivity contribution >= 4 is 12.2 Å². The number of unbranched alkanes of at least 4 members (excludes halogenated alkanes) is 2. The van der Waals surface area contributed by atoms with Crippen molar-refractivity contribution < 1.29 is 23.7 Å². The van der Waals surface area contributed by atoms with Crippen molar-refractivity contribution in [1.82, 2.24) is 0 Å². The van der Waals surface area contributed by atoms with Crippen molar-refractivity contribution in [2.45, 2.75) is 45.0 Å². The molecule has 2 aromatic carbocycles. The van der Waals surface area contributed by atoms with Gasteiger partial charge in [0.15, 0.2) is 0 Å². The highest BCUT2D eigenvalue weighted by Crippen LogP contribution is 2.30. The first-order chi connectivity index (χ1) is 16.2. The molecule has 0 radical (unpaired) electrons. The van der Waals surface area contributed by atoms with Gasteiger partial charge in [-0.05, 0) is 46.7 Å². The van der Waals surface area contributed by atoms with E-state index in [9.17, 15) is 0 Å².